The van der Waals surface area contributed by atoms with Crippen LogP contribution in [-0.2, 0) is 19.5 Å². The molecule has 2 heterocycles. The summed E-state index contributed by atoms with van der Waals surface area (Å²) in [7, 11) is 0. The second-order valence-electron chi connectivity index (χ2n) is 5.59. The lowest BCUT2D eigenvalue weighted by molar-refractivity contribution is 0.143. The molecule has 0 fully saturated rings. The molecular formula is C16H19ClN6O. The molecule has 0 aliphatic carbocycles. The molecule has 1 atom stereocenters. The van der Waals surface area contributed by atoms with Crippen LogP contribution in [-0.4, -0.2) is 40.7 Å². The number of halogens is 1. The molecule has 126 valence electrons. The Morgan fingerprint density at radius 3 is 2.92 bits per heavy atom. The van der Waals surface area contributed by atoms with Crippen molar-refractivity contribution in [2.75, 3.05) is 0 Å². The van der Waals surface area contributed by atoms with Crippen LogP contribution in [0.15, 0.2) is 36.9 Å². The fourth-order valence-corrected chi connectivity index (χ4v) is 2.60. The number of rotatable bonds is 7. The number of aliphatic hydroxyl groups excluding tert-OH is 1. The van der Waals surface area contributed by atoms with E-state index < -0.39 is 6.10 Å². The standard InChI is InChI=1S/C16H19ClN6O/c1-2-14(24)8-23-16(7-12-4-3-5-13(17)6-12)20-15(21-23)9-22-11-18-10-19-22/h3-6,10-11,14,24H,2,7-9H2,1H3/t14-/m1/s1. The van der Waals surface area contributed by atoms with Crippen molar-refractivity contribution in [3.05, 3.63) is 59.2 Å². The first-order valence-electron chi connectivity index (χ1n) is 7.81. The van der Waals surface area contributed by atoms with Crippen LogP contribution in [0.3, 0.4) is 0 Å². The Labute approximate surface area is 144 Å². The molecule has 0 unspecified atom stereocenters. The summed E-state index contributed by atoms with van der Waals surface area (Å²) in [5, 5.41) is 19.3. The highest BCUT2D eigenvalue weighted by atomic mass is 35.5. The number of aromatic nitrogens is 6. The van der Waals surface area contributed by atoms with Crippen LogP contribution in [0.1, 0.15) is 30.6 Å². The van der Waals surface area contributed by atoms with E-state index in [1.54, 1.807) is 15.7 Å². The summed E-state index contributed by atoms with van der Waals surface area (Å²) in [5.41, 5.74) is 1.05. The van der Waals surface area contributed by atoms with Gasteiger partial charge < -0.3 is 5.11 Å². The maximum atomic E-state index is 9.97. The van der Waals surface area contributed by atoms with E-state index >= 15 is 0 Å². The third-order valence-corrected chi connectivity index (χ3v) is 3.90. The van der Waals surface area contributed by atoms with Crippen LogP contribution in [0.2, 0.25) is 5.02 Å². The Hall–Kier alpha value is -2.25. The van der Waals surface area contributed by atoms with E-state index in [1.807, 2.05) is 31.2 Å². The van der Waals surface area contributed by atoms with Gasteiger partial charge in [0.1, 0.15) is 25.0 Å². The average Bonchev–Trinajstić information content (AvgIpc) is 3.18. The monoisotopic (exact) mass is 346 g/mol. The van der Waals surface area contributed by atoms with Crippen molar-refractivity contribution in [3.63, 3.8) is 0 Å². The SMILES string of the molecule is CC[C@@H](O)Cn1nc(Cn2cncn2)nc1Cc1cccc(Cl)c1. The zero-order valence-corrected chi connectivity index (χ0v) is 14.1. The number of hydrogen-bond donors (Lipinski definition) is 1. The molecule has 24 heavy (non-hydrogen) atoms. The minimum absolute atomic E-state index is 0.413. The molecule has 7 nitrogen and oxygen atoms in total. The fraction of sp³-hybridized carbons (Fsp3) is 0.375. The Kier molecular flexibility index (Phi) is 5.22. The smallest absolute Gasteiger partial charge is 0.172 e. The Balaban J connectivity index is 1.85. The predicted octanol–water partition coefficient (Wildman–Crippen LogP) is 1.93. The molecule has 0 spiro atoms. The van der Waals surface area contributed by atoms with Crippen molar-refractivity contribution in [1.29, 1.82) is 0 Å². The number of aliphatic hydroxyl groups is 1. The number of hydrogen-bond acceptors (Lipinski definition) is 5. The first kappa shape index (κ1) is 16.6. The van der Waals surface area contributed by atoms with E-state index in [-0.39, 0.29) is 0 Å². The van der Waals surface area contributed by atoms with Gasteiger partial charge in [0.2, 0.25) is 0 Å². The van der Waals surface area contributed by atoms with Gasteiger partial charge in [0.25, 0.3) is 0 Å². The topological polar surface area (TPSA) is 81.6 Å². The van der Waals surface area contributed by atoms with Gasteiger partial charge >= 0.3 is 0 Å². The van der Waals surface area contributed by atoms with Crippen LogP contribution in [0.4, 0.5) is 0 Å². The van der Waals surface area contributed by atoms with Gasteiger partial charge in [0.15, 0.2) is 5.82 Å². The molecule has 2 aromatic heterocycles. The van der Waals surface area contributed by atoms with Gasteiger partial charge in [-0.15, -0.1) is 0 Å². The molecule has 0 bridgehead atoms. The van der Waals surface area contributed by atoms with Crippen molar-refractivity contribution >= 4 is 11.6 Å². The summed E-state index contributed by atoms with van der Waals surface area (Å²) < 4.78 is 3.43. The van der Waals surface area contributed by atoms with E-state index in [1.165, 1.54) is 6.33 Å². The van der Waals surface area contributed by atoms with Gasteiger partial charge in [-0.25, -0.2) is 19.3 Å². The van der Waals surface area contributed by atoms with Crippen molar-refractivity contribution in [1.82, 2.24) is 29.5 Å². The van der Waals surface area contributed by atoms with Crippen molar-refractivity contribution < 1.29 is 5.11 Å². The maximum absolute atomic E-state index is 9.97. The van der Waals surface area contributed by atoms with E-state index in [0.717, 1.165) is 11.4 Å². The van der Waals surface area contributed by atoms with Gasteiger partial charge in [-0.3, -0.25) is 0 Å². The van der Waals surface area contributed by atoms with E-state index in [9.17, 15) is 5.11 Å². The van der Waals surface area contributed by atoms with Crippen LogP contribution in [0.25, 0.3) is 0 Å². The molecule has 0 radical (unpaired) electrons. The molecule has 1 N–H and O–H groups in total. The number of benzene rings is 1. The average molecular weight is 347 g/mol. The molecule has 8 heteroatoms. The largest absolute Gasteiger partial charge is 0.391 e. The highest BCUT2D eigenvalue weighted by Crippen LogP contribution is 2.15. The van der Waals surface area contributed by atoms with Crippen LogP contribution >= 0.6 is 11.6 Å². The third-order valence-electron chi connectivity index (χ3n) is 3.67. The van der Waals surface area contributed by atoms with Gasteiger partial charge in [0, 0.05) is 11.4 Å². The molecule has 0 saturated carbocycles. The maximum Gasteiger partial charge on any atom is 0.172 e. The van der Waals surface area contributed by atoms with Crippen LogP contribution < -0.4 is 0 Å². The van der Waals surface area contributed by atoms with E-state index in [4.69, 9.17) is 11.6 Å². The lowest BCUT2D eigenvalue weighted by Crippen LogP contribution is -2.18. The molecule has 1 aromatic carbocycles. The molecule has 0 aliphatic rings. The van der Waals surface area contributed by atoms with Crippen LogP contribution in [0, 0.1) is 0 Å². The first-order chi connectivity index (χ1) is 11.6. The zero-order valence-electron chi connectivity index (χ0n) is 13.4. The quantitative estimate of drug-likeness (QED) is 0.707. The second-order valence-corrected chi connectivity index (χ2v) is 6.02. The molecule has 0 aliphatic heterocycles. The van der Waals surface area contributed by atoms with Gasteiger partial charge in [-0.2, -0.15) is 10.2 Å². The second kappa shape index (κ2) is 7.55. The molecule has 3 rings (SSSR count). The minimum atomic E-state index is -0.455. The summed E-state index contributed by atoms with van der Waals surface area (Å²) in [6.07, 6.45) is 3.91. The highest BCUT2D eigenvalue weighted by molar-refractivity contribution is 6.30. The van der Waals surface area contributed by atoms with Crippen LogP contribution in [0.5, 0.6) is 0 Å². The van der Waals surface area contributed by atoms with Crippen molar-refractivity contribution in [3.8, 4) is 0 Å². The Bertz CT molecular complexity index is 786. The molecule has 0 saturated heterocycles. The minimum Gasteiger partial charge on any atom is -0.391 e. The van der Waals surface area contributed by atoms with Crippen molar-refractivity contribution in [2.45, 2.75) is 39.0 Å². The van der Waals surface area contributed by atoms with E-state index in [2.05, 4.69) is 20.2 Å². The third kappa shape index (κ3) is 4.18. The van der Waals surface area contributed by atoms with E-state index in [0.29, 0.717) is 36.8 Å². The summed E-state index contributed by atoms with van der Waals surface area (Å²) in [5.74, 6) is 1.43. The number of nitrogens with zero attached hydrogens (tertiary/aromatic N) is 6. The summed E-state index contributed by atoms with van der Waals surface area (Å²) in [6.45, 7) is 2.79. The lowest BCUT2D eigenvalue weighted by Gasteiger charge is -2.10. The molecular weight excluding hydrogens is 328 g/mol. The summed E-state index contributed by atoms with van der Waals surface area (Å²) in [6, 6.07) is 7.66. The van der Waals surface area contributed by atoms with Gasteiger partial charge in [-0.1, -0.05) is 30.7 Å². The Morgan fingerprint density at radius 1 is 1.33 bits per heavy atom. The molecule has 3 aromatic rings. The lowest BCUT2D eigenvalue weighted by atomic mass is 10.1. The Morgan fingerprint density at radius 2 is 2.21 bits per heavy atom. The summed E-state index contributed by atoms with van der Waals surface area (Å²) in [4.78, 5) is 8.53. The summed E-state index contributed by atoms with van der Waals surface area (Å²) >= 11 is 6.06. The highest BCUT2D eigenvalue weighted by Gasteiger charge is 2.14. The predicted molar refractivity (Wildman–Crippen MR) is 89.7 cm³/mol. The normalized spacial score (nSPS) is 12.5. The van der Waals surface area contributed by atoms with Gasteiger partial charge in [0.05, 0.1) is 12.6 Å². The van der Waals surface area contributed by atoms with Crippen molar-refractivity contribution in [2.24, 2.45) is 0 Å². The zero-order chi connectivity index (χ0) is 16.9. The first-order valence-corrected chi connectivity index (χ1v) is 8.19. The molecule has 0 amide bonds. The van der Waals surface area contributed by atoms with Gasteiger partial charge in [-0.05, 0) is 24.1 Å². The fourth-order valence-electron chi connectivity index (χ4n) is 2.39.